The molecule has 1 aliphatic rings. The maximum Gasteiger partial charge on any atom is 0.330 e. The van der Waals surface area contributed by atoms with E-state index in [9.17, 15) is 17.6 Å². The van der Waals surface area contributed by atoms with Crippen LogP contribution in [0.4, 0.5) is 17.6 Å². The third-order valence-corrected chi connectivity index (χ3v) is 2.53. The zero-order valence-electron chi connectivity index (χ0n) is 9.21. The predicted molar refractivity (Wildman–Crippen MR) is 50.0 cm³/mol. The SMILES string of the molecule is NC1(c2nc(COCC(F)(F)C(F)F)no2)CC1. The van der Waals surface area contributed by atoms with Crippen molar-refractivity contribution in [3.05, 3.63) is 11.7 Å². The van der Waals surface area contributed by atoms with Crippen molar-refractivity contribution in [3.63, 3.8) is 0 Å². The van der Waals surface area contributed by atoms with Crippen molar-refractivity contribution >= 4 is 0 Å². The molecule has 1 aliphatic carbocycles. The Morgan fingerprint density at radius 1 is 1.44 bits per heavy atom. The Morgan fingerprint density at radius 3 is 2.67 bits per heavy atom. The molecule has 0 unspecified atom stereocenters. The van der Waals surface area contributed by atoms with Crippen molar-refractivity contribution in [2.24, 2.45) is 5.73 Å². The number of aromatic nitrogens is 2. The monoisotopic (exact) mass is 269 g/mol. The minimum atomic E-state index is -4.18. The first-order valence-electron chi connectivity index (χ1n) is 5.19. The summed E-state index contributed by atoms with van der Waals surface area (Å²) in [6.45, 7) is -1.83. The minimum Gasteiger partial charge on any atom is -0.367 e. The first kappa shape index (κ1) is 13.2. The van der Waals surface area contributed by atoms with Crippen molar-refractivity contribution in [2.45, 2.75) is 37.3 Å². The number of rotatable bonds is 6. The lowest BCUT2D eigenvalue weighted by Crippen LogP contribution is -2.32. The van der Waals surface area contributed by atoms with Gasteiger partial charge < -0.3 is 15.0 Å². The number of alkyl halides is 4. The molecule has 0 aromatic carbocycles. The Morgan fingerprint density at radius 2 is 2.11 bits per heavy atom. The standard InChI is InChI=1S/C9H11F4N3O2/c10-6(11)9(12,13)4-17-3-5-15-7(18-16-5)8(14)1-2-8/h6H,1-4,14H2. The van der Waals surface area contributed by atoms with Gasteiger partial charge in [0.25, 0.3) is 0 Å². The largest absolute Gasteiger partial charge is 0.367 e. The molecule has 1 fully saturated rings. The van der Waals surface area contributed by atoms with Crippen LogP contribution < -0.4 is 5.73 Å². The van der Waals surface area contributed by atoms with Gasteiger partial charge in [-0.3, -0.25) is 0 Å². The summed E-state index contributed by atoms with van der Waals surface area (Å²) >= 11 is 0. The van der Waals surface area contributed by atoms with Crippen LogP contribution >= 0.6 is 0 Å². The average Bonchev–Trinajstić information content (AvgIpc) is 2.86. The van der Waals surface area contributed by atoms with Gasteiger partial charge in [-0.1, -0.05) is 5.16 Å². The molecule has 0 atom stereocenters. The van der Waals surface area contributed by atoms with Gasteiger partial charge in [0.1, 0.15) is 13.2 Å². The van der Waals surface area contributed by atoms with E-state index >= 15 is 0 Å². The highest BCUT2D eigenvalue weighted by atomic mass is 19.3. The summed E-state index contributed by atoms with van der Waals surface area (Å²) in [4.78, 5) is 3.85. The molecular weight excluding hydrogens is 258 g/mol. The van der Waals surface area contributed by atoms with Crippen LogP contribution in [0, 0.1) is 0 Å². The van der Waals surface area contributed by atoms with E-state index in [1.807, 2.05) is 0 Å². The fourth-order valence-electron chi connectivity index (χ4n) is 1.20. The molecule has 2 rings (SSSR count). The highest BCUT2D eigenvalue weighted by molar-refractivity contribution is 5.11. The zero-order chi connectivity index (χ0) is 13.4. The van der Waals surface area contributed by atoms with E-state index in [0.717, 1.165) is 0 Å². The number of nitrogens with zero attached hydrogens (tertiary/aromatic N) is 2. The highest BCUT2D eigenvalue weighted by Crippen LogP contribution is 2.41. The Bertz CT molecular complexity index is 420. The molecule has 1 aromatic heterocycles. The van der Waals surface area contributed by atoms with Gasteiger partial charge in [0, 0.05) is 0 Å². The Kier molecular flexibility index (Phi) is 3.28. The quantitative estimate of drug-likeness (QED) is 0.791. The zero-order valence-corrected chi connectivity index (χ0v) is 9.21. The van der Waals surface area contributed by atoms with Gasteiger partial charge in [-0.2, -0.15) is 13.8 Å². The second-order valence-corrected chi connectivity index (χ2v) is 4.23. The van der Waals surface area contributed by atoms with E-state index < -0.39 is 31.1 Å². The normalized spacial score (nSPS) is 18.3. The van der Waals surface area contributed by atoms with E-state index in [2.05, 4.69) is 14.9 Å². The van der Waals surface area contributed by atoms with Gasteiger partial charge in [0.15, 0.2) is 5.82 Å². The Hall–Kier alpha value is -1.22. The van der Waals surface area contributed by atoms with Gasteiger partial charge in [-0.15, -0.1) is 0 Å². The van der Waals surface area contributed by atoms with Crippen molar-refractivity contribution in [1.82, 2.24) is 10.1 Å². The Balaban J connectivity index is 1.82. The molecule has 0 radical (unpaired) electrons. The topological polar surface area (TPSA) is 74.2 Å². The summed E-state index contributed by atoms with van der Waals surface area (Å²) in [6, 6.07) is 0. The lowest BCUT2D eigenvalue weighted by Gasteiger charge is -2.14. The van der Waals surface area contributed by atoms with E-state index in [4.69, 9.17) is 10.3 Å². The molecule has 0 aliphatic heterocycles. The number of halogens is 4. The molecule has 1 heterocycles. The fourth-order valence-corrected chi connectivity index (χ4v) is 1.20. The van der Waals surface area contributed by atoms with E-state index in [-0.39, 0.29) is 11.7 Å². The van der Waals surface area contributed by atoms with Crippen LogP contribution in [-0.2, 0) is 16.9 Å². The van der Waals surface area contributed by atoms with Crippen molar-refractivity contribution < 1.29 is 26.8 Å². The summed E-state index contributed by atoms with van der Waals surface area (Å²) in [5.41, 5.74) is 5.14. The molecular formula is C9H11F4N3O2. The van der Waals surface area contributed by atoms with Crippen molar-refractivity contribution in [3.8, 4) is 0 Å². The molecule has 1 saturated carbocycles. The molecule has 5 nitrogen and oxygen atoms in total. The minimum absolute atomic E-state index is 0.00629. The van der Waals surface area contributed by atoms with Crippen molar-refractivity contribution in [1.29, 1.82) is 0 Å². The van der Waals surface area contributed by atoms with Gasteiger partial charge in [-0.05, 0) is 12.8 Å². The van der Waals surface area contributed by atoms with E-state index in [1.165, 1.54) is 0 Å². The number of ether oxygens (including phenoxy) is 1. The summed E-state index contributed by atoms with van der Waals surface area (Å²) < 4.78 is 57.9. The van der Waals surface area contributed by atoms with Crippen LogP contribution in [0.1, 0.15) is 24.6 Å². The average molecular weight is 269 g/mol. The summed E-state index contributed by atoms with van der Waals surface area (Å²) in [5, 5.41) is 3.46. The lowest BCUT2D eigenvalue weighted by molar-refractivity contribution is -0.168. The summed E-state index contributed by atoms with van der Waals surface area (Å²) in [7, 11) is 0. The molecule has 1 aromatic rings. The van der Waals surface area contributed by atoms with Crippen LogP contribution in [0.5, 0.6) is 0 Å². The molecule has 18 heavy (non-hydrogen) atoms. The number of nitrogens with two attached hydrogens (primary N) is 1. The van der Waals surface area contributed by atoms with E-state index in [0.29, 0.717) is 12.8 Å². The van der Waals surface area contributed by atoms with Crippen LogP contribution in [0.25, 0.3) is 0 Å². The van der Waals surface area contributed by atoms with Gasteiger partial charge in [0.2, 0.25) is 5.89 Å². The maximum atomic E-state index is 12.5. The van der Waals surface area contributed by atoms with Crippen LogP contribution in [0.2, 0.25) is 0 Å². The molecule has 0 amide bonds. The predicted octanol–water partition coefficient (Wildman–Crippen LogP) is 1.43. The smallest absolute Gasteiger partial charge is 0.330 e. The molecule has 0 bridgehead atoms. The molecule has 0 saturated heterocycles. The summed E-state index contributed by atoms with van der Waals surface area (Å²) in [5.74, 6) is -3.97. The summed E-state index contributed by atoms with van der Waals surface area (Å²) in [6.07, 6.45) is -2.35. The van der Waals surface area contributed by atoms with Gasteiger partial charge in [0.05, 0.1) is 5.54 Å². The maximum absolute atomic E-state index is 12.5. The Labute approximate surface area is 99.3 Å². The van der Waals surface area contributed by atoms with Gasteiger partial charge in [-0.25, -0.2) is 8.78 Å². The van der Waals surface area contributed by atoms with Gasteiger partial charge >= 0.3 is 12.3 Å². The number of hydrogen-bond donors (Lipinski definition) is 1. The third-order valence-electron chi connectivity index (χ3n) is 2.53. The number of hydrogen-bond acceptors (Lipinski definition) is 5. The van der Waals surface area contributed by atoms with Crippen LogP contribution in [-0.4, -0.2) is 29.1 Å². The van der Waals surface area contributed by atoms with E-state index in [1.54, 1.807) is 0 Å². The molecule has 0 spiro atoms. The van der Waals surface area contributed by atoms with Crippen molar-refractivity contribution in [2.75, 3.05) is 6.61 Å². The van der Waals surface area contributed by atoms with Crippen LogP contribution in [0.15, 0.2) is 4.52 Å². The lowest BCUT2D eigenvalue weighted by atomic mass is 10.3. The highest BCUT2D eigenvalue weighted by Gasteiger charge is 2.45. The third kappa shape index (κ3) is 2.78. The second kappa shape index (κ2) is 4.47. The molecule has 102 valence electrons. The molecule has 9 heteroatoms. The first-order chi connectivity index (χ1) is 8.33. The molecule has 2 N–H and O–H groups in total. The fraction of sp³-hybridized carbons (Fsp3) is 0.778. The first-order valence-corrected chi connectivity index (χ1v) is 5.19. The second-order valence-electron chi connectivity index (χ2n) is 4.23. The van der Waals surface area contributed by atoms with Crippen LogP contribution in [0.3, 0.4) is 0 Å².